The Labute approximate surface area is 106 Å². The Morgan fingerprint density at radius 1 is 0.938 bits per heavy atom. The van der Waals surface area contributed by atoms with Gasteiger partial charge in [0.15, 0.2) is 0 Å². The predicted molar refractivity (Wildman–Crippen MR) is 76.2 cm³/mol. The maximum absolute atomic E-state index is 8.66. The molecule has 2 heteroatoms. The number of rotatable bonds is 12. The molecule has 0 spiro atoms. The van der Waals surface area contributed by atoms with E-state index in [4.69, 9.17) is 5.11 Å². The Morgan fingerprint density at radius 3 is 2.31 bits per heavy atom. The van der Waals surface area contributed by atoms with Gasteiger partial charge in [-0.1, -0.05) is 46.0 Å². The van der Waals surface area contributed by atoms with E-state index in [9.17, 15) is 0 Å². The first-order valence-corrected chi connectivity index (χ1v) is 8.12. The standard InChI is InChI=1S/C14H30OS/c1-3-5-8-11-14(4-2)16-13-10-7-6-9-12-15/h14-15H,3-13H2,1-2H3. The van der Waals surface area contributed by atoms with E-state index in [1.165, 1.54) is 57.1 Å². The highest BCUT2D eigenvalue weighted by atomic mass is 32.2. The fourth-order valence-electron chi connectivity index (χ4n) is 1.84. The van der Waals surface area contributed by atoms with Crippen LogP contribution in [-0.4, -0.2) is 22.7 Å². The Hall–Kier alpha value is 0.310. The number of thioether (sulfide) groups is 1. The van der Waals surface area contributed by atoms with Crippen LogP contribution >= 0.6 is 11.8 Å². The van der Waals surface area contributed by atoms with Crippen LogP contribution in [0.5, 0.6) is 0 Å². The molecular weight excluding hydrogens is 216 g/mol. The van der Waals surface area contributed by atoms with Crippen molar-refractivity contribution in [1.82, 2.24) is 0 Å². The van der Waals surface area contributed by atoms with Gasteiger partial charge in [-0.25, -0.2) is 0 Å². The van der Waals surface area contributed by atoms with Crippen molar-refractivity contribution in [1.29, 1.82) is 0 Å². The SMILES string of the molecule is CCCCCC(CC)SCCCCCCO. The monoisotopic (exact) mass is 246 g/mol. The molecule has 0 bridgehead atoms. The molecule has 0 saturated heterocycles. The summed E-state index contributed by atoms with van der Waals surface area (Å²) in [6.07, 6.45) is 11.7. The molecule has 0 fully saturated rings. The van der Waals surface area contributed by atoms with Crippen LogP contribution in [0.15, 0.2) is 0 Å². The minimum absolute atomic E-state index is 0.363. The number of aliphatic hydroxyl groups excluding tert-OH is 1. The molecule has 0 amide bonds. The molecule has 0 aromatic rings. The highest BCUT2D eigenvalue weighted by molar-refractivity contribution is 7.99. The van der Waals surface area contributed by atoms with Gasteiger partial charge in [-0.15, -0.1) is 0 Å². The normalized spacial score (nSPS) is 12.9. The van der Waals surface area contributed by atoms with Gasteiger partial charge in [0.05, 0.1) is 0 Å². The summed E-state index contributed by atoms with van der Waals surface area (Å²) in [7, 11) is 0. The van der Waals surface area contributed by atoms with Crippen molar-refractivity contribution in [2.24, 2.45) is 0 Å². The van der Waals surface area contributed by atoms with Gasteiger partial charge in [0.25, 0.3) is 0 Å². The molecule has 16 heavy (non-hydrogen) atoms. The van der Waals surface area contributed by atoms with Crippen molar-refractivity contribution in [3.05, 3.63) is 0 Å². The Balaban J connectivity index is 3.26. The number of hydrogen-bond acceptors (Lipinski definition) is 2. The summed E-state index contributed by atoms with van der Waals surface area (Å²) in [5.41, 5.74) is 0. The first-order chi connectivity index (χ1) is 7.85. The van der Waals surface area contributed by atoms with Gasteiger partial charge in [-0.05, 0) is 31.4 Å². The second-order valence-electron chi connectivity index (χ2n) is 4.53. The van der Waals surface area contributed by atoms with E-state index in [2.05, 4.69) is 25.6 Å². The smallest absolute Gasteiger partial charge is 0.0431 e. The van der Waals surface area contributed by atoms with Gasteiger partial charge < -0.3 is 5.11 Å². The van der Waals surface area contributed by atoms with Gasteiger partial charge in [0.2, 0.25) is 0 Å². The molecule has 1 unspecified atom stereocenters. The third-order valence-corrected chi connectivity index (χ3v) is 4.56. The van der Waals surface area contributed by atoms with E-state index in [1.807, 2.05) is 0 Å². The lowest BCUT2D eigenvalue weighted by Gasteiger charge is -2.13. The molecule has 0 heterocycles. The molecule has 0 aliphatic heterocycles. The summed E-state index contributed by atoms with van der Waals surface area (Å²) < 4.78 is 0. The molecule has 0 aliphatic carbocycles. The van der Waals surface area contributed by atoms with Crippen molar-refractivity contribution in [2.75, 3.05) is 12.4 Å². The van der Waals surface area contributed by atoms with E-state index < -0.39 is 0 Å². The van der Waals surface area contributed by atoms with Crippen molar-refractivity contribution >= 4 is 11.8 Å². The number of unbranched alkanes of at least 4 members (excludes halogenated alkanes) is 5. The molecule has 0 rings (SSSR count). The average molecular weight is 246 g/mol. The van der Waals surface area contributed by atoms with Gasteiger partial charge in [-0.3, -0.25) is 0 Å². The molecule has 0 saturated carbocycles. The Morgan fingerprint density at radius 2 is 1.69 bits per heavy atom. The molecule has 98 valence electrons. The quantitative estimate of drug-likeness (QED) is 0.507. The third kappa shape index (κ3) is 10.8. The van der Waals surface area contributed by atoms with E-state index in [1.54, 1.807) is 0 Å². The summed E-state index contributed by atoms with van der Waals surface area (Å²) in [6.45, 7) is 4.95. The highest BCUT2D eigenvalue weighted by Gasteiger charge is 2.05. The second-order valence-corrected chi connectivity index (χ2v) is 5.94. The second kappa shape index (κ2) is 13.4. The van der Waals surface area contributed by atoms with Gasteiger partial charge in [0, 0.05) is 11.9 Å². The minimum atomic E-state index is 0.363. The fourth-order valence-corrected chi connectivity index (χ4v) is 3.12. The molecule has 1 nitrogen and oxygen atoms in total. The van der Waals surface area contributed by atoms with Crippen LogP contribution in [0.1, 0.15) is 71.6 Å². The zero-order valence-corrected chi connectivity index (χ0v) is 12.0. The van der Waals surface area contributed by atoms with Crippen LogP contribution in [0.3, 0.4) is 0 Å². The molecule has 0 radical (unpaired) electrons. The van der Waals surface area contributed by atoms with E-state index in [-0.39, 0.29) is 0 Å². The lowest BCUT2D eigenvalue weighted by Crippen LogP contribution is -2.02. The topological polar surface area (TPSA) is 20.2 Å². The van der Waals surface area contributed by atoms with E-state index in [0.29, 0.717) is 6.61 Å². The van der Waals surface area contributed by atoms with Crippen LogP contribution in [-0.2, 0) is 0 Å². The first kappa shape index (κ1) is 16.3. The maximum Gasteiger partial charge on any atom is 0.0431 e. The molecule has 1 atom stereocenters. The lowest BCUT2D eigenvalue weighted by molar-refractivity contribution is 0.283. The third-order valence-electron chi connectivity index (χ3n) is 2.99. The summed E-state index contributed by atoms with van der Waals surface area (Å²) in [5, 5.41) is 9.56. The zero-order chi connectivity index (χ0) is 12.1. The molecule has 0 aromatic carbocycles. The summed E-state index contributed by atoms with van der Waals surface area (Å²) in [4.78, 5) is 0. The number of hydrogen-bond donors (Lipinski definition) is 1. The summed E-state index contributed by atoms with van der Waals surface area (Å²) in [6, 6.07) is 0. The molecule has 1 N–H and O–H groups in total. The van der Waals surface area contributed by atoms with Gasteiger partial charge >= 0.3 is 0 Å². The fraction of sp³-hybridized carbons (Fsp3) is 1.00. The largest absolute Gasteiger partial charge is 0.396 e. The first-order valence-electron chi connectivity index (χ1n) is 7.07. The van der Waals surface area contributed by atoms with Crippen LogP contribution in [0, 0.1) is 0 Å². The highest BCUT2D eigenvalue weighted by Crippen LogP contribution is 2.22. The van der Waals surface area contributed by atoms with Crippen LogP contribution in [0.25, 0.3) is 0 Å². The van der Waals surface area contributed by atoms with Crippen LogP contribution < -0.4 is 0 Å². The lowest BCUT2D eigenvalue weighted by atomic mass is 10.1. The number of aliphatic hydroxyl groups is 1. The van der Waals surface area contributed by atoms with Crippen molar-refractivity contribution in [2.45, 2.75) is 76.9 Å². The van der Waals surface area contributed by atoms with Gasteiger partial charge in [0.1, 0.15) is 0 Å². The summed E-state index contributed by atoms with van der Waals surface area (Å²) in [5.74, 6) is 1.32. The average Bonchev–Trinajstić information content (AvgIpc) is 2.31. The van der Waals surface area contributed by atoms with Crippen LogP contribution in [0.2, 0.25) is 0 Å². The van der Waals surface area contributed by atoms with Crippen molar-refractivity contribution in [3.63, 3.8) is 0 Å². The zero-order valence-electron chi connectivity index (χ0n) is 11.2. The molecule has 0 aromatic heterocycles. The Kier molecular flexibility index (Phi) is 13.6. The van der Waals surface area contributed by atoms with E-state index >= 15 is 0 Å². The van der Waals surface area contributed by atoms with Crippen molar-refractivity contribution in [3.8, 4) is 0 Å². The molecular formula is C14H30OS. The van der Waals surface area contributed by atoms with Crippen molar-refractivity contribution < 1.29 is 5.11 Å². The van der Waals surface area contributed by atoms with Crippen LogP contribution in [0.4, 0.5) is 0 Å². The minimum Gasteiger partial charge on any atom is -0.396 e. The molecule has 0 aliphatic rings. The Bertz CT molecular complexity index is 128. The predicted octanol–water partition coefficient (Wildman–Crippen LogP) is 4.63. The maximum atomic E-state index is 8.66. The van der Waals surface area contributed by atoms with Gasteiger partial charge in [-0.2, -0.15) is 11.8 Å². The van der Waals surface area contributed by atoms with E-state index in [0.717, 1.165) is 11.7 Å². The summed E-state index contributed by atoms with van der Waals surface area (Å²) >= 11 is 2.17.